The van der Waals surface area contributed by atoms with Crippen molar-refractivity contribution >= 4 is 35.6 Å². The van der Waals surface area contributed by atoms with Gasteiger partial charge in [-0.25, -0.2) is 0 Å². The molecule has 1 aliphatic rings. The van der Waals surface area contributed by atoms with Gasteiger partial charge in [0.1, 0.15) is 18.4 Å². The number of hydrogen-bond acceptors (Lipinski definition) is 5. The number of rotatable bonds is 8. The van der Waals surface area contributed by atoms with E-state index in [1.165, 1.54) is 5.69 Å². The van der Waals surface area contributed by atoms with Gasteiger partial charge in [-0.15, -0.1) is 34.2 Å². The summed E-state index contributed by atoms with van der Waals surface area (Å²) in [5, 5.41) is 11.1. The van der Waals surface area contributed by atoms with Gasteiger partial charge in [-0.2, -0.15) is 0 Å². The van der Waals surface area contributed by atoms with Crippen LogP contribution in [0.25, 0.3) is 0 Å². The summed E-state index contributed by atoms with van der Waals surface area (Å²) >= 11 is 0. The summed E-state index contributed by atoms with van der Waals surface area (Å²) in [5.74, 6) is 1.95. The molecular formula is C20H32IN7O. The molecular weight excluding hydrogens is 481 g/mol. The van der Waals surface area contributed by atoms with Crippen LogP contribution in [0.5, 0.6) is 5.75 Å². The maximum Gasteiger partial charge on any atom is 0.194 e. The standard InChI is InChI=1S/C20H31N7O.HI/c1-3-21-20(22-10-6-7-11-25-16-23-24-17-25)27-14-12-26(13-15-27)18-8-4-5-9-19(18)28-2;/h4-5,8-9,16-17H,3,6-7,10-15H2,1-2H3,(H,21,22);1H. The van der Waals surface area contributed by atoms with E-state index in [0.29, 0.717) is 0 Å². The Morgan fingerprint density at radius 3 is 2.52 bits per heavy atom. The van der Waals surface area contributed by atoms with E-state index < -0.39 is 0 Å². The number of guanidine groups is 1. The average Bonchev–Trinajstić information content (AvgIpc) is 3.26. The maximum atomic E-state index is 5.51. The Morgan fingerprint density at radius 1 is 1.10 bits per heavy atom. The van der Waals surface area contributed by atoms with Gasteiger partial charge in [-0.3, -0.25) is 4.99 Å². The van der Waals surface area contributed by atoms with Gasteiger partial charge in [-0.05, 0) is 31.9 Å². The number of benzene rings is 1. The predicted molar refractivity (Wildman–Crippen MR) is 127 cm³/mol. The molecule has 1 aromatic carbocycles. The number of ether oxygens (including phenoxy) is 1. The molecule has 0 bridgehead atoms. The van der Waals surface area contributed by atoms with Gasteiger partial charge in [0, 0.05) is 45.8 Å². The zero-order valence-corrected chi connectivity index (χ0v) is 19.7. The van der Waals surface area contributed by atoms with Crippen molar-refractivity contribution in [2.24, 2.45) is 4.99 Å². The zero-order valence-electron chi connectivity index (χ0n) is 17.3. The minimum absolute atomic E-state index is 0. The molecule has 9 heteroatoms. The van der Waals surface area contributed by atoms with Crippen molar-refractivity contribution in [3.8, 4) is 5.75 Å². The number of methoxy groups -OCH3 is 1. The smallest absolute Gasteiger partial charge is 0.194 e. The molecule has 1 aromatic heterocycles. The zero-order chi connectivity index (χ0) is 19.6. The van der Waals surface area contributed by atoms with Gasteiger partial charge in [0.2, 0.25) is 0 Å². The summed E-state index contributed by atoms with van der Waals surface area (Å²) in [5.41, 5.74) is 1.17. The average molecular weight is 513 g/mol. The second-order valence-electron chi connectivity index (χ2n) is 6.79. The molecule has 3 rings (SSSR count). The van der Waals surface area contributed by atoms with Crippen LogP contribution in [0.15, 0.2) is 41.9 Å². The summed E-state index contributed by atoms with van der Waals surface area (Å²) in [6, 6.07) is 8.23. The molecule has 0 amide bonds. The first-order valence-corrected chi connectivity index (χ1v) is 10.1. The first-order valence-electron chi connectivity index (χ1n) is 10.1. The van der Waals surface area contributed by atoms with E-state index in [4.69, 9.17) is 9.73 Å². The lowest BCUT2D eigenvalue weighted by Gasteiger charge is -2.38. The molecule has 1 aliphatic heterocycles. The van der Waals surface area contributed by atoms with Crippen LogP contribution in [0.2, 0.25) is 0 Å². The summed E-state index contributed by atoms with van der Waals surface area (Å²) < 4.78 is 7.52. The van der Waals surface area contributed by atoms with Crippen molar-refractivity contribution in [1.82, 2.24) is 25.0 Å². The minimum Gasteiger partial charge on any atom is -0.495 e. The number of nitrogens with zero attached hydrogens (tertiary/aromatic N) is 6. The Hall–Kier alpha value is -2.04. The number of hydrogen-bond donors (Lipinski definition) is 1. The highest BCUT2D eigenvalue weighted by Gasteiger charge is 2.21. The highest BCUT2D eigenvalue weighted by molar-refractivity contribution is 14.0. The Labute approximate surface area is 190 Å². The Kier molecular flexibility index (Phi) is 10.0. The predicted octanol–water partition coefficient (Wildman–Crippen LogP) is 2.47. The fraction of sp³-hybridized carbons (Fsp3) is 0.550. The summed E-state index contributed by atoms with van der Waals surface area (Å²) in [6.07, 6.45) is 5.64. The Morgan fingerprint density at radius 2 is 1.83 bits per heavy atom. The van der Waals surface area contributed by atoms with Crippen LogP contribution in [0.1, 0.15) is 19.8 Å². The quantitative estimate of drug-likeness (QED) is 0.253. The molecule has 0 radical (unpaired) electrons. The fourth-order valence-electron chi connectivity index (χ4n) is 3.40. The first kappa shape index (κ1) is 23.2. The lowest BCUT2D eigenvalue weighted by molar-refractivity contribution is 0.367. The molecule has 0 saturated carbocycles. The van der Waals surface area contributed by atoms with Gasteiger partial charge in [0.05, 0.1) is 12.8 Å². The van der Waals surface area contributed by atoms with Crippen molar-refractivity contribution in [3.63, 3.8) is 0 Å². The Balaban J connectivity index is 0.00000300. The molecule has 1 saturated heterocycles. The number of piperazine rings is 1. The van der Waals surface area contributed by atoms with Gasteiger partial charge in [-0.1, -0.05) is 12.1 Å². The molecule has 0 spiro atoms. The molecule has 29 heavy (non-hydrogen) atoms. The normalized spacial score (nSPS) is 14.5. The minimum atomic E-state index is 0. The van der Waals surface area contributed by atoms with Crippen molar-refractivity contribution in [2.45, 2.75) is 26.3 Å². The third-order valence-corrected chi connectivity index (χ3v) is 4.89. The second-order valence-corrected chi connectivity index (χ2v) is 6.79. The van der Waals surface area contributed by atoms with Crippen LogP contribution in [0.3, 0.4) is 0 Å². The Bertz CT molecular complexity index is 730. The summed E-state index contributed by atoms with van der Waals surface area (Å²) in [6.45, 7) is 8.58. The highest BCUT2D eigenvalue weighted by atomic mass is 127. The van der Waals surface area contributed by atoms with Crippen molar-refractivity contribution in [3.05, 3.63) is 36.9 Å². The van der Waals surface area contributed by atoms with Crippen LogP contribution in [-0.4, -0.2) is 72.0 Å². The number of aromatic nitrogens is 3. The number of nitrogens with one attached hydrogen (secondary N) is 1. The van der Waals surface area contributed by atoms with Crippen LogP contribution in [0, 0.1) is 0 Å². The molecule has 0 unspecified atom stereocenters. The summed E-state index contributed by atoms with van der Waals surface area (Å²) in [7, 11) is 1.73. The SMILES string of the molecule is CCNC(=NCCCCn1cnnc1)N1CCN(c2ccccc2OC)CC1.I. The number of para-hydroxylation sites is 2. The monoisotopic (exact) mass is 513 g/mol. The van der Waals surface area contributed by atoms with Crippen LogP contribution in [-0.2, 0) is 6.54 Å². The molecule has 0 atom stereocenters. The van der Waals surface area contributed by atoms with E-state index in [1.54, 1.807) is 19.8 Å². The lowest BCUT2D eigenvalue weighted by Crippen LogP contribution is -2.52. The molecule has 2 aromatic rings. The number of halogens is 1. The largest absolute Gasteiger partial charge is 0.495 e. The van der Waals surface area contributed by atoms with E-state index in [1.807, 2.05) is 16.7 Å². The molecule has 8 nitrogen and oxygen atoms in total. The maximum absolute atomic E-state index is 5.51. The van der Waals surface area contributed by atoms with Crippen LogP contribution >= 0.6 is 24.0 Å². The molecule has 160 valence electrons. The van der Waals surface area contributed by atoms with Gasteiger partial charge in [0.25, 0.3) is 0 Å². The third kappa shape index (κ3) is 6.76. The first-order chi connectivity index (χ1) is 13.8. The van der Waals surface area contributed by atoms with Gasteiger partial charge < -0.3 is 24.4 Å². The molecule has 2 heterocycles. The lowest BCUT2D eigenvalue weighted by atomic mass is 10.2. The molecule has 1 fully saturated rings. The van der Waals surface area contributed by atoms with E-state index >= 15 is 0 Å². The number of aliphatic imine (C=N–C) groups is 1. The molecule has 0 aliphatic carbocycles. The van der Waals surface area contributed by atoms with Gasteiger partial charge in [0.15, 0.2) is 5.96 Å². The van der Waals surface area contributed by atoms with E-state index in [2.05, 4.69) is 44.4 Å². The van der Waals surface area contributed by atoms with Crippen molar-refractivity contribution < 1.29 is 4.74 Å². The van der Waals surface area contributed by atoms with Gasteiger partial charge >= 0.3 is 0 Å². The number of aryl methyl sites for hydroxylation is 1. The van der Waals surface area contributed by atoms with Crippen molar-refractivity contribution in [2.75, 3.05) is 51.3 Å². The fourth-order valence-corrected chi connectivity index (χ4v) is 3.40. The second kappa shape index (κ2) is 12.5. The molecule has 1 N–H and O–H groups in total. The third-order valence-electron chi connectivity index (χ3n) is 4.89. The van der Waals surface area contributed by atoms with E-state index in [-0.39, 0.29) is 24.0 Å². The van der Waals surface area contributed by atoms with Crippen LogP contribution < -0.4 is 15.0 Å². The summed E-state index contributed by atoms with van der Waals surface area (Å²) in [4.78, 5) is 9.58. The van der Waals surface area contributed by atoms with Crippen molar-refractivity contribution in [1.29, 1.82) is 0 Å². The highest BCUT2D eigenvalue weighted by Crippen LogP contribution is 2.28. The van der Waals surface area contributed by atoms with E-state index in [9.17, 15) is 0 Å². The van der Waals surface area contributed by atoms with E-state index in [0.717, 1.165) is 70.4 Å². The van der Waals surface area contributed by atoms with Crippen LogP contribution in [0.4, 0.5) is 5.69 Å². The number of anilines is 1. The number of unbranched alkanes of at least 4 members (excludes halogenated alkanes) is 1. The topological polar surface area (TPSA) is 70.8 Å².